The first-order valence-electron chi connectivity index (χ1n) is 14.7. The molecule has 7 nitrogen and oxygen atoms in total. The molecule has 3 heterocycles. The van der Waals surface area contributed by atoms with Crippen molar-refractivity contribution in [2.75, 3.05) is 30.7 Å². The number of carbonyl (C=O) groups excluding carboxylic acids is 2. The smallest absolute Gasteiger partial charge is 0.324 e. The molecule has 9 heteroatoms. The molecule has 0 aromatic carbocycles. The van der Waals surface area contributed by atoms with Crippen molar-refractivity contribution in [2.45, 2.75) is 120 Å². The molecule has 0 bridgehead atoms. The summed E-state index contributed by atoms with van der Waals surface area (Å²) in [4.78, 5) is 34.7. The Labute approximate surface area is 231 Å². The second kappa shape index (κ2) is 14.7. The van der Waals surface area contributed by atoms with Crippen LogP contribution in [-0.2, 0) is 4.79 Å². The van der Waals surface area contributed by atoms with Crippen LogP contribution >= 0.6 is 23.1 Å². The molecule has 1 saturated carbocycles. The zero-order valence-electron chi connectivity index (χ0n) is 22.9. The highest BCUT2D eigenvalue weighted by Crippen LogP contribution is 2.33. The van der Waals surface area contributed by atoms with Gasteiger partial charge < -0.3 is 15.1 Å². The lowest BCUT2D eigenvalue weighted by molar-refractivity contribution is -0.132. The van der Waals surface area contributed by atoms with E-state index in [1.165, 1.54) is 49.2 Å². The quantitative estimate of drug-likeness (QED) is 0.351. The third-order valence-corrected chi connectivity index (χ3v) is 10.5. The van der Waals surface area contributed by atoms with E-state index in [-0.39, 0.29) is 24.0 Å². The van der Waals surface area contributed by atoms with E-state index < -0.39 is 0 Å². The summed E-state index contributed by atoms with van der Waals surface area (Å²) in [5.41, 5.74) is 0. The number of hydrogen-bond donors (Lipinski definition) is 2. The van der Waals surface area contributed by atoms with E-state index in [1.54, 1.807) is 11.3 Å². The molecule has 2 saturated heterocycles. The number of piperidine rings is 1. The first-order chi connectivity index (χ1) is 18.0. The lowest BCUT2D eigenvalue weighted by Gasteiger charge is -2.44. The second-order valence-corrected chi connectivity index (χ2v) is 13.7. The van der Waals surface area contributed by atoms with Crippen molar-refractivity contribution in [3.05, 3.63) is 6.20 Å². The zero-order chi connectivity index (χ0) is 26.0. The maximum atomic E-state index is 13.7. The van der Waals surface area contributed by atoms with E-state index >= 15 is 0 Å². The Morgan fingerprint density at radius 2 is 1.86 bits per heavy atom. The molecule has 37 heavy (non-hydrogen) atoms. The van der Waals surface area contributed by atoms with Crippen LogP contribution in [0.25, 0.3) is 0 Å². The fraction of sp³-hybridized carbons (Fsp3) is 0.821. The Morgan fingerprint density at radius 3 is 2.62 bits per heavy atom. The Bertz CT molecular complexity index is 841. The van der Waals surface area contributed by atoms with Crippen molar-refractivity contribution in [3.8, 4) is 0 Å². The van der Waals surface area contributed by atoms with Crippen LogP contribution in [-0.4, -0.2) is 70.2 Å². The van der Waals surface area contributed by atoms with Crippen LogP contribution in [0.4, 0.5) is 9.93 Å². The van der Waals surface area contributed by atoms with Gasteiger partial charge in [-0.2, -0.15) is 0 Å². The Morgan fingerprint density at radius 1 is 1.11 bits per heavy atom. The molecule has 3 aliphatic rings. The highest BCUT2D eigenvalue weighted by atomic mass is 32.2. The fourth-order valence-electron chi connectivity index (χ4n) is 6.10. The number of aromatic nitrogens is 1. The normalized spacial score (nSPS) is 25.5. The summed E-state index contributed by atoms with van der Waals surface area (Å²) in [7, 11) is 0. The standard InChI is InChI=1S/C28H47N5O2S2/c1-3-7-25(34)32-17-13-24(14-18-32)33(23-11-9-21(2)10-12-23)28(35)31-27-30-20-26(37-27)36-19-15-22-8-5-4-6-16-29-22/h20-24,29H,3-19H2,1-2H3,(H,30,31,35). The van der Waals surface area contributed by atoms with Crippen molar-refractivity contribution in [3.63, 3.8) is 0 Å². The zero-order valence-corrected chi connectivity index (χ0v) is 24.5. The number of urea groups is 1. The molecular weight excluding hydrogens is 502 g/mol. The summed E-state index contributed by atoms with van der Waals surface area (Å²) >= 11 is 3.45. The molecule has 3 amide bonds. The predicted molar refractivity (Wildman–Crippen MR) is 155 cm³/mol. The number of nitrogens with zero attached hydrogens (tertiary/aromatic N) is 3. The lowest BCUT2D eigenvalue weighted by Crippen LogP contribution is -2.54. The average molecular weight is 550 g/mol. The van der Waals surface area contributed by atoms with E-state index in [0.717, 1.165) is 63.4 Å². The highest BCUT2D eigenvalue weighted by Gasteiger charge is 2.35. The summed E-state index contributed by atoms with van der Waals surface area (Å²) in [5.74, 6) is 2.07. The third kappa shape index (κ3) is 8.59. The van der Waals surface area contributed by atoms with Gasteiger partial charge in [0.25, 0.3) is 0 Å². The van der Waals surface area contributed by atoms with Crippen molar-refractivity contribution in [1.29, 1.82) is 0 Å². The Kier molecular flexibility index (Phi) is 11.4. The van der Waals surface area contributed by atoms with Crippen LogP contribution in [0.15, 0.2) is 10.4 Å². The lowest BCUT2D eigenvalue weighted by atomic mass is 9.85. The number of rotatable bonds is 9. The summed E-state index contributed by atoms with van der Waals surface area (Å²) in [6.07, 6.45) is 16.1. The van der Waals surface area contributed by atoms with Crippen LogP contribution in [0.1, 0.15) is 97.3 Å². The number of thiazole rings is 1. The van der Waals surface area contributed by atoms with Gasteiger partial charge in [0.1, 0.15) is 0 Å². The van der Waals surface area contributed by atoms with Gasteiger partial charge in [0.05, 0.1) is 10.4 Å². The van der Waals surface area contributed by atoms with Crippen LogP contribution in [0.5, 0.6) is 0 Å². The number of carbonyl (C=O) groups is 2. The SMILES string of the molecule is CCCC(=O)N1CCC(N(C(=O)Nc2ncc(SCCC3CCCCCN3)s2)C2CCC(C)CC2)CC1. The van der Waals surface area contributed by atoms with Crippen molar-refractivity contribution >= 4 is 40.2 Å². The minimum atomic E-state index is -0.00792. The van der Waals surface area contributed by atoms with Gasteiger partial charge in [0, 0.05) is 43.4 Å². The van der Waals surface area contributed by atoms with Gasteiger partial charge in [-0.25, -0.2) is 9.78 Å². The molecule has 1 atom stereocenters. The maximum Gasteiger partial charge on any atom is 0.324 e. The number of anilines is 1. The molecule has 2 aliphatic heterocycles. The van der Waals surface area contributed by atoms with Gasteiger partial charge >= 0.3 is 6.03 Å². The molecule has 0 spiro atoms. The fourth-order valence-corrected chi connectivity index (χ4v) is 8.10. The molecule has 4 rings (SSSR count). The molecule has 0 radical (unpaired) electrons. The van der Waals surface area contributed by atoms with E-state index in [4.69, 9.17) is 0 Å². The third-order valence-electron chi connectivity index (χ3n) is 8.36. The van der Waals surface area contributed by atoms with E-state index in [1.807, 2.05) is 22.9 Å². The van der Waals surface area contributed by atoms with Gasteiger partial charge in [-0.1, -0.05) is 38.0 Å². The first-order valence-corrected chi connectivity index (χ1v) is 16.5. The highest BCUT2D eigenvalue weighted by molar-refractivity contribution is 8.01. The Balaban J connectivity index is 1.32. The van der Waals surface area contributed by atoms with E-state index in [9.17, 15) is 9.59 Å². The monoisotopic (exact) mass is 549 g/mol. The number of thioether (sulfide) groups is 1. The van der Waals surface area contributed by atoms with Crippen LogP contribution < -0.4 is 10.6 Å². The first kappa shape index (κ1) is 28.7. The summed E-state index contributed by atoms with van der Waals surface area (Å²) in [5, 5.41) is 7.54. The van der Waals surface area contributed by atoms with Crippen molar-refractivity contribution in [1.82, 2.24) is 20.1 Å². The predicted octanol–water partition coefficient (Wildman–Crippen LogP) is 6.36. The number of likely N-dealkylation sites (tertiary alicyclic amines) is 1. The molecule has 3 fully saturated rings. The van der Waals surface area contributed by atoms with Crippen LogP contribution in [0.3, 0.4) is 0 Å². The molecule has 1 unspecified atom stereocenters. The minimum Gasteiger partial charge on any atom is -0.343 e. The maximum absolute atomic E-state index is 13.7. The molecule has 1 aromatic heterocycles. The van der Waals surface area contributed by atoms with E-state index in [2.05, 4.69) is 34.4 Å². The molecule has 1 aromatic rings. The van der Waals surface area contributed by atoms with Crippen LogP contribution in [0, 0.1) is 5.92 Å². The number of hydrogen-bond acceptors (Lipinski definition) is 6. The van der Waals surface area contributed by atoms with Gasteiger partial charge in [0.15, 0.2) is 5.13 Å². The number of amides is 3. The van der Waals surface area contributed by atoms with Gasteiger partial charge in [0.2, 0.25) is 5.91 Å². The topological polar surface area (TPSA) is 77.6 Å². The van der Waals surface area contributed by atoms with Crippen molar-refractivity contribution < 1.29 is 9.59 Å². The van der Waals surface area contributed by atoms with Crippen molar-refractivity contribution in [2.24, 2.45) is 5.92 Å². The molecule has 2 N–H and O–H groups in total. The van der Waals surface area contributed by atoms with E-state index in [0.29, 0.717) is 17.6 Å². The summed E-state index contributed by atoms with van der Waals surface area (Å²) < 4.78 is 1.17. The Hall–Kier alpha value is -1.32. The minimum absolute atomic E-state index is 0.00792. The average Bonchev–Trinajstić information content (AvgIpc) is 3.17. The molecule has 1 aliphatic carbocycles. The van der Waals surface area contributed by atoms with Gasteiger partial charge in [-0.05, 0) is 76.7 Å². The second-order valence-electron chi connectivity index (χ2n) is 11.2. The van der Waals surface area contributed by atoms with Gasteiger partial charge in [-0.3, -0.25) is 10.1 Å². The van der Waals surface area contributed by atoms with Crippen LogP contribution in [0.2, 0.25) is 0 Å². The number of nitrogens with one attached hydrogen (secondary N) is 2. The largest absolute Gasteiger partial charge is 0.343 e. The van der Waals surface area contributed by atoms with Gasteiger partial charge in [-0.15, -0.1) is 11.8 Å². The summed E-state index contributed by atoms with van der Waals surface area (Å²) in [6.45, 7) is 7.03. The molecular formula is C28H47N5O2S2. The molecule has 208 valence electrons. The summed E-state index contributed by atoms with van der Waals surface area (Å²) in [6, 6.07) is 1.09.